The van der Waals surface area contributed by atoms with Crippen LogP contribution in [-0.4, -0.2) is 12.6 Å². The van der Waals surface area contributed by atoms with Crippen molar-refractivity contribution in [1.29, 1.82) is 0 Å². The standard InChI is InChI=1S/C15H21F2N/c1-3-15(2,10-18-13-6-7-13)9-11-4-5-12(16)8-14(11)17/h4-5,8,13,18H,3,6-7,9-10H2,1-2H3. The lowest BCUT2D eigenvalue weighted by Gasteiger charge is -2.29. The summed E-state index contributed by atoms with van der Waals surface area (Å²) in [7, 11) is 0. The highest BCUT2D eigenvalue weighted by Crippen LogP contribution is 2.29. The van der Waals surface area contributed by atoms with Crippen LogP contribution in [0.15, 0.2) is 18.2 Å². The Kier molecular flexibility index (Phi) is 4.00. The lowest BCUT2D eigenvalue weighted by Crippen LogP contribution is -2.34. The van der Waals surface area contributed by atoms with Crippen LogP contribution >= 0.6 is 0 Å². The second-order valence-corrected chi connectivity index (χ2v) is 5.73. The highest BCUT2D eigenvalue weighted by atomic mass is 19.1. The third-order valence-electron chi connectivity index (χ3n) is 3.88. The van der Waals surface area contributed by atoms with E-state index in [0.29, 0.717) is 18.0 Å². The predicted molar refractivity (Wildman–Crippen MR) is 69.5 cm³/mol. The van der Waals surface area contributed by atoms with Gasteiger partial charge in [-0.3, -0.25) is 0 Å². The summed E-state index contributed by atoms with van der Waals surface area (Å²) in [5.41, 5.74) is 0.639. The Bertz CT molecular complexity index is 415. The van der Waals surface area contributed by atoms with Crippen molar-refractivity contribution in [2.75, 3.05) is 6.54 Å². The van der Waals surface area contributed by atoms with Crippen LogP contribution in [0.1, 0.15) is 38.7 Å². The van der Waals surface area contributed by atoms with Crippen LogP contribution in [0.4, 0.5) is 8.78 Å². The molecule has 100 valence electrons. The van der Waals surface area contributed by atoms with Gasteiger partial charge in [-0.25, -0.2) is 8.78 Å². The molecule has 1 aliphatic carbocycles. The Morgan fingerprint density at radius 2 is 2.06 bits per heavy atom. The van der Waals surface area contributed by atoms with Gasteiger partial charge >= 0.3 is 0 Å². The van der Waals surface area contributed by atoms with Crippen LogP contribution < -0.4 is 5.32 Å². The third kappa shape index (κ3) is 3.52. The molecule has 0 radical (unpaired) electrons. The molecule has 0 aromatic heterocycles. The molecular formula is C15H21F2N. The van der Waals surface area contributed by atoms with Gasteiger partial charge in [-0.2, -0.15) is 0 Å². The second kappa shape index (κ2) is 5.35. The molecular weight excluding hydrogens is 232 g/mol. The maximum atomic E-state index is 13.7. The number of halogens is 2. The van der Waals surface area contributed by atoms with Crippen LogP contribution in [0.25, 0.3) is 0 Å². The Balaban J connectivity index is 2.02. The number of hydrogen-bond donors (Lipinski definition) is 1. The van der Waals surface area contributed by atoms with Gasteiger partial charge in [-0.05, 0) is 42.7 Å². The van der Waals surface area contributed by atoms with Gasteiger partial charge in [0.15, 0.2) is 0 Å². The number of rotatable bonds is 6. The molecule has 1 aromatic rings. The smallest absolute Gasteiger partial charge is 0.129 e. The molecule has 3 heteroatoms. The van der Waals surface area contributed by atoms with Crippen molar-refractivity contribution in [2.45, 2.75) is 45.6 Å². The molecule has 0 saturated heterocycles. The zero-order chi connectivity index (χ0) is 13.2. The number of benzene rings is 1. The fraction of sp³-hybridized carbons (Fsp3) is 0.600. The summed E-state index contributed by atoms with van der Waals surface area (Å²) in [5, 5.41) is 3.50. The van der Waals surface area contributed by atoms with Crippen molar-refractivity contribution >= 4 is 0 Å². The van der Waals surface area contributed by atoms with Crippen molar-refractivity contribution in [3.05, 3.63) is 35.4 Å². The highest BCUT2D eigenvalue weighted by Gasteiger charge is 2.28. The summed E-state index contributed by atoms with van der Waals surface area (Å²) in [6.45, 7) is 5.17. The third-order valence-corrected chi connectivity index (χ3v) is 3.88. The van der Waals surface area contributed by atoms with Crippen LogP contribution in [-0.2, 0) is 6.42 Å². The molecule has 1 aromatic carbocycles. The van der Waals surface area contributed by atoms with Crippen LogP contribution in [0.3, 0.4) is 0 Å². The van der Waals surface area contributed by atoms with E-state index in [4.69, 9.17) is 0 Å². The van der Waals surface area contributed by atoms with Gasteiger partial charge in [-0.1, -0.05) is 19.9 Å². The molecule has 1 N–H and O–H groups in total. The van der Waals surface area contributed by atoms with Gasteiger partial charge in [0, 0.05) is 18.7 Å². The summed E-state index contributed by atoms with van der Waals surface area (Å²) in [6, 6.07) is 4.53. The molecule has 1 atom stereocenters. The van der Waals surface area contributed by atoms with E-state index in [1.165, 1.54) is 18.9 Å². The van der Waals surface area contributed by atoms with E-state index >= 15 is 0 Å². The molecule has 1 unspecified atom stereocenters. The minimum atomic E-state index is -0.509. The van der Waals surface area contributed by atoms with E-state index in [9.17, 15) is 8.78 Å². The molecule has 1 nitrogen and oxygen atoms in total. The lowest BCUT2D eigenvalue weighted by atomic mass is 9.81. The molecule has 0 bridgehead atoms. The molecule has 2 rings (SSSR count). The van der Waals surface area contributed by atoms with E-state index in [2.05, 4.69) is 19.2 Å². The summed E-state index contributed by atoms with van der Waals surface area (Å²) in [6.07, 6.45) is 4.13. The number of hydrogen-bond acceptors (Lipinski definition) is 1. The van der Waals surface area contributed by atoms with Crippen molar-refractivity contribution in [1.82, 2.24) is 5.32 Å². The average Bonchev–Trinajstić information content (AvgIpc) is 3.14. The maximum Gasteiger partial charge on any atom is 0.129 e. The minimum absolute atomic E-state index is 0.0290. The van der Waals surface area contributed by atoms with Gasteiger partial charge in [0.2, 0.25) is 0 Å². The molecule has 0 amide bonds. The molecule has 0 spiro atoms. The molecule has 0 aliphatic heterocycles. The SMILES string of the molecule is CCC(C)(CNC1CC1)Cc1ccc(F)cc1F. The Morgan fingerprint density at radius 1 is 1.33 bits per heavy atom. The van der Waals surface area contributed by atoms with Crippen LogP contribution in [0.2, 0.25) is 0 Å². The zero-order valence-corrected chi connectivity index (χ0v) is 11.1. The fourth-order valence-electron chi connectivity index (χ4n) is 2.12. The Morgan fingerprint density at radius 3 is 2.61 bits per heavy atom. The normalized spacial score (nSPS) is 18.7. The average molecular weight is 253 g/mol. The summed E-state index contributed by atoms with van der Waals surface area (Å²) >= 11 is 0. The fourth-order valence-corrected chi connectivity index (χ4v) is 2.12. The Labute approximate surface area is 108 Å². The molecule has 18 heavy (non-hydrogen) atoms. The van der Waals surface area contributed by atoms with Crippen LogP contribution in [0.5, 0.6) is 0 Å². The highest BCUT2D eigenvalue weighted by molar-refractivity contribution is 5.20. The maximum absolute atomic E-state index is 13.7. The van der Waals surface area contributed by atoms with Gasteiger partial charge in [0.1, 0.15) is 11.6 Å². The first-order valence-electron chi connectivity index (χ1n) is 6.70. The summed E-state index contributed by atoms with van der Waals surface area (Å²) < 4.78 is 26.5. The quantitative estimate of drug-likeness (QED) is 0.815. The van der Waals surface area contributed by atoms with Crippen molar-refractivity contribution in [2.24, 2.45) is 5.41 Å². The monoisotopic (exact) mass is 253 g/mol. The van der Waals surface area contributed by atoms with Crippen LogP contribution in [0, 0.1) is 17.0 Å². The predicted octanol–water partition coefficient (Wildman–Crippen LogP) is 3.68. The zero-order valence-electron chi connectivity index (χ0n) is 11.1. The largest absolute Gasteiger partial charge is 0.313 e. The van der Waals surface area contributed by atoms with Crippen molar-refractivity contribution < 1.29 is 8.78 Å². The molecule has 0 heterocycles. The molecule has 1 fully saturated rings. The van der Waals surface area contributed by atoms with E-state index in [0.717, 1.165) is 19.0 Å². The van der Waals surface area contributed by atoms with Gasteiger partial charge in [-0.15, -0.1) is 0 Å². The van der Waals surface area contributed by atoms with Gasteiger partial charge in [0.25, 0.3) is 0 Å². The lowest BCUT2D eigenvalue weighted by molar-refractivity contribution is 0.285. The second-order valence-electron chi connectivity index (χ2n) is 5.73. The van der Waals surface area contributed by atoms with E-state index in [1.54, 1.807) is 6.07 Å². The Hall–Kier alpha value is -0.960. The summed E-state index contributed by atoms with van der Waals surface area (Å²) in [5.74, 6) is -0.938. The van der Waals surface area contributed by atoms with Gasteiger partial charge in [0.05, 0.1) is 0 Å². The van der Waals surface area contributed by atoms with Crippen molar-refractivity contribution in [3.63, 3.8) is 0 Å². The van der Waals surface area contributed by atoms with E-state index < -0.39 is 11.6 Å². The minimum Gasteiger partial charge on any atom is -0.313 e. The molecule has 1 saturated carbocycles. The summed E-state index contributed by atoms with van der Waals surface area (Å²) in [4.78, 5) is 0. The molecule has 1 aliphatic rings. The van der Waals surface area contributed by atoms with E-state index in [-0.39, 0.29) is 5.41 Å². The van der Waals surface area contributed by atoms with Crippen molar-refractivity contribution in [3.8, 4) is 0 Å². The van der Waals surface area contributed by atoms with Gasteiger partial charge < -0.3 is 5.32 Å². The first-order chi connectivity index (χ1) is 8.52. The topological polar surface area (TPSA) is 12.0 Å². The first-order valence-corrected chi connectivity index (χ1v) is 6.70. The number of nitrogens with one attached hydrogen (secondary N) is 1. The first kappa shape index (κ1) is 13.5. The van der Waals surface area contributed by atoms with E-state index in [1.807, 2.05) is 0 Å².